The van der Waals surface area contributed by atoms with Crippen molar-refractivity contribution in [2.24, 2.45) is 0 Å². The fourth-order valence-electron chi connectivity index (χ4n) is 2.79. The van der Waals surface area contributed by atoms with Crippen molar-refractivity contribution in [1.29, 1.82) is 0 Å². The zero-order valence-electron chi connectivity index (χ0n) is 22.9. The summed E-state index contributed by atoms with van der Waals surface area (Å²) in [7, 11) is 0. The van der Waals surface area contributed by atoms with E-state index in [2.05, 4.69) is 0 Å². The van der Waals surface area contributed by atoms with Gasteiger partial charge in [0.15, 0.2) is 0 Å². The summed E-state index contributed by atoms with van der Waals surface area (Å²) in [6.45, 7) is 8.85. The summed E-state index contributed by atoms with van der Waals surface area (Å²) in [6.07, 6.45) is 1.22. The number of nitrogens with zero attached hydrogens (tertiary/aromatic N) is 1. The van der Waals surface area contributed by atoms with Gasteiger partial charge in [-0.1, -0.05) is 6.92 Å². The van der Waals surface area contributed by atoms with Crippen molar-refractivity contribution in [3.05, 3.63) is 34.4 Å². The van der Waals surface area contributed by atoms with E-state index >= 15 is 0 Å². The van der Waals surface area contributed by atoms with Gasteiger partial charge in [-0.05, 0) is 18.6 Å². The summed E-state index contributed by atoms with van der Waals surface area (Å²) >= 11 is 0. The quantitative estimate of drug-likeness (QED) is 0.0641. The first-order valence-corrected chi connectivity index (χ1v) is 13.2. The van der Waals surface area contributed by atoms with Gasteiger partial charge in [0.25, 0.3) is 5.69 Å². The molecule has 0 amide bonds. The highest BCUT2D eigenvalue weighted by atomic mass is 16.6. The average molecular weight is 562 g/mol. The third-order valence-electron chi connectivity index (χ3n) is 4.72. The predicted molar refractivity (Wildman–Crippen MR) is 140 cm³/mol. The highest BCUT2D eigenvalue weighted by Gasteiger charge is 2.04. The summed E-state index contributed by atoms with van der Waals surface area (Å²) in [4.78, 5) is 21.3. The normalized spacial score (nSPS) is 11.0. The largest absolute Gasteiger partial charge is 0.491 e. The summed E-state index contributed by atoms with van der Waals surface area (Å²) in [5.41, 5.74) is 0.0241. The number of esters is 1. The number of non-ortho nitro benzene ring substituents is 1. The standard InChI is InChI=1S/C26H43NO12/c1-2-3-26(28)39-23-21-37-19-17-35-15-13-33-11-9-31-8-10-32-12-14-34-16-18-36-20-22-38-25-6-4-24(5-7-25)27(29)30/h4-7H,2-3,8-23H2,1H3. The SMILES string of the molecule is CCCC(=O)OCCOCCOCCOCCOCCOCCOCCOCCOc1ccc([N+](=O)[O-])cc1. The topological polar surface area (TPSA) is 143 Å². The van der Waals surface area contributed by atoms with Gasteiger partial charge in [-0.15, -0.1) is 0 Å². The molecule has 224 valence electrons. The molecule has 13 nitrogen and oxygen atoms in total. The Labute approximate surface area is 230 Å². The zero-order valence-corrected chi connectivity index (χ0v) is 22.9. The van der Waals surface area contributed by atoms with E-state index in [0.717, 1.165) is 6.42 Å². The molecule has 0 saturated heterocycles. The van der Waals surface area contributed by atoms with Gasteiger partial charge in [-0.2, -0.15) is 0 Å². The first kappa shape index (κ1) is 34.6. The maximum Gasteiger partial charge on any atom is 0.305 e. The Morgan fingerprint density at radius 2 is 0.974 bits per heavy atom. The van der Waals surface area contributed by atoms with E-state index in [1.807, 2.05) is 6.92 Å². The van der Waals surface area contributed by atoms with E-state index < -0.39 is 4.92 Å². The molecule has 1 aromatic rings. The Morgan fingerprint density at radius 3 is 1.33 bits per heavy atom. The first-order chi connectivity index (χ1) is 19.1. The molecule has 1 rings (SSSR count). The number of rotatable bonds is 28. The van der Waals surface area contributed by atoms with Gasteiger partial charge in [-0.25, -0.2) is 0 Å². The number of hydrogen-bond donors (Lipinski definition) is 0. The van der Waals surface area contributed by atoms with E-state index in [4.69, 9.17) is 42.6 Å². The lowest BCUT2D eigenvalue weighted by Crippen LogP contribution is -2.15. The minimum absolute atomic E-state index is 0.0241. The Morgan fingerprint density at radius 1 is 0.615 bits per heavy atom. The van der Waals surface area contributed by atoms with Crippen LogP contribution in [-0.2, 0) is 42.7 Å². The lowest BCUT2D eigenvalue weighted by molar-refractivity contribution is -0.384. The number of nitro benzene ring substituents is 1. The fourth-order valence-corrected chi connectivity index (χ4v) is 2.79. The molecule has 0 fully saturated rings. The minimum atomic E-state index is -0.455. The van der Waals surface area contributed by atoms with Crippen molar-refractivity contribution in [2.75, 3.05) is 106 Å². The molecular weight excluding hydrogens is 518 g/mol. The third-order valence-corrected chi connectivity index (χ3v) is 4.72. The molecule has 0 saturated carbocycles. The molecule has 0 spiro atoms. The molecule has 0 unspecified atom stereocenters. The second-order valence-electron chi connectivity index (χ2n) is 7.86. The average Bonchev–Trinajstić information content (AvgIpc) is 2.93. The summed E-state index contributed by atoms with van der Waals surface area (Å²) in [5.74, 6) is 0.359. The van der Waals surface area contributed by atoms with Crippen molar-refractivity contribution in [3.8, 4) is 5.75 Å². The molecule has 0 bridgehead atoms. The van der Waals surface area contributed by atoms with Gasteiger partial charge >= 0.3 is 5.97 Å². The molecule has 0 N–H and O–H groups in total. The van der Waals surface area contributed by atoms with Gasteiger partial charge in [0.2, 0.25) is 0 Å². The Kier molecular flexibility index (Phi) is 23.0. The maximum absolute atomic E-state index is 11.2. The van der Waals surface area contributed by atoms with E-state index in [-0.39, 0.29) is 18.3 Å². The predicted octanol–water partition coefficient (Wildman–Crippen LogP) is 2.43. The van der Waals surface area contributed by atoms with Crippen LogP contribution in [0.15, 0.2) is 24.3 Å². The summed E-state index contributed by atoms with van der Waals surface area (Å²) in [5, 5.41) is 10.6. The molecule has 13 heteroatoms. The van der Waals surface area contributed by atoms with Crippen LogP contribution in [0.4, 0.5) is 5.69 Å². The van der Waals surface area contributed by atoms with E-state index in [9.17, 15) is 14.9 Å². The molecule has 0 aliphatic rings. The lowest BCUT2D eigenvalue weighted by atomic mass is 10.3. The molecule has 0 aliphatic carbocycles. The Balaban J connectivity index is 1.70. The monoisotopic (exact) mass is 561 g/mol. The highest BCUT2D eigenvalue weighted by molar-refractivity contribution is 5.69. The van der Waals surface area contributed by atoms with Crippen LogP contribution >= 0.6 is 0 Å². The van der Waals surface area contributed by atoms with Crippen molar-refractivity contribution >= 4 is 11.7 Å². The number of benzene rings is 1. The number of carbonyl (C=O) groups is 1. The second kappa shape index (κ2) is 25.9. The molecule has 0 atom stereocenters. The van der Waals surface area contributed by atoms with Gasteiger partial charge in [0, 0.05) is 18.6 Å². The highest BCUT2D eigenvalue weighted by Crippen LogP contribution is 2.17. The summed E-state index contributed by atoms with van der Waals surface area (Å²) in [6, 6.07) is 5.90. The molecule has 0 aliphatic heterocycles. The summed E-state index contributed by atoms with van der Waals surface area (Å²) < 4.78 is 48.2. The van der Waals surface area contributed by atoms with Gasteiger partial charge in [-0.3, -0.25) is 14.9 Å². The van der Waals surface area contributed by atoms with E-state index in [0.29, 0.717) is 111 Å². The Bertz CT molecular complexity index is 719. The maximum atomic E-state index is 11.2. The third kappa shape index (κ3) is 22.2. The molecule has 0 aromatic heterocycles. The molecule has 0 radical (unpaired) electrons. The van der Waals surface area contributed by atoms with E-state index in [1.165, 1.54) is 12.1 Å². The molecule has 1 aromatic carbocycles. The van der Waals surface area contributed by atoms with Crippen LogP contribution in [0.1, 0.15) is 19.8 Å². The van der Waals surface area contributed by atoms with Crippen LogP contribution in [-0.4, -0.2) is 117 Å². The van der Waals surface area contributed by atoms with Crippen molar-refractivity contribution in [2.45, 2.75) is 19.8 Å². The van der Waals surface area contributed by atoms with Crippen LogP contribution in [0.2, 0.25) is 0 Å². The van der Waals surface area contributed by atoms with Gasteiger partial charge in [0.05, 0.1) is 97.4 Å². The first-order valence-electron chi connectivity index (χ1n) is 13.2. The van der Waals surface area contributed by atoms with Gasteiger partial charge in [0.1, 0.15) is 19.0 Å². The number of carbonyl (C=O) groups excluding carboxylic acids is 1. The Hall–Kier alpha value is -2.39. The minimum Gasteiger partial charge on any atom is -0.491 e. The van der Waals surface area contributed by atoms with Crippen molar-refractivity contribution < 1.29 is 52.3 Å². The smallest absolute Gasteiger partial charge is 0.305 e. The van der Waals surface area contributed by atoms with Crippen molar-refractivity contribution in [3.63, 3.8) is 0 Å². The van der Waals surface area contributed by atoms with Crippen LogP contribution in [0.5, 0.6) is 5.75 Å². The van der Waals surface area contributed by atoms with E-state index in [1.54, 1.807) is 12.1 Å². The van der Waals surface area contributed by atoms with Gasteiger partial charge < -0.3 is 42.6 Å². The fraction of sp³-hybridized carbons (Fsp3) is 0.731. The zero-order chi connectivity index (χ0) is 28.2. The van der Waals surface area contributed by atoms with Crippen LogP contribution in [0.3, 0.4) is 0 Å². The van der Waals surface area contributed by atoms with Crippen LogP contribution < -0.4 is 4.74 Å². The lowest BCUT2D eigenvalue weighted by Gasteiger charge is -2.09. The number of nitro groups is 1. The number of hydrogen-bond acceptors (Lipinski definition) is 12. The molecule has 39 heavy (non-hydrogen) atoms. The number of ether oxygens (including phenoxy) is 9. The van der Waals surface area contributed by atoms with Crippen LogP contribution in [0.25, 0.3) is 0 Å². The molecule has 0 heterocycles. The van der Waals surface area contributed by atoms with Crippen molar-refractivity contribution in [1.82, 2.24) is 0 Å². The second-order valence-corrected chi connectivity index (χ2v) is 7.86. The van der Waals surface area contributed by atoms with Crippen LogP contribution in [0, 0.1) is 10.1 Å². The molecular formula is C26H43NO12.